The molecule has 0 aliphatic heterocycles. The third-order valence-electron chi connectivity index (χ3n) is 2.00. The summed E-state index contributed by atoms with van der Waals surface area (Å²) >= 11 is 3.39. The summed E-state index contributed by atoms with van der Waals surface area (Å²) in [6.45, 7) is 0. The normalized spacial score (nSPS) is 10.7. The number of rotatable bonds is 4. The lowest BCUT2D eigenvalue weighted by Gasteiger charge is -2.03. The lowest BCUT2D eigenvalue weighted by atomic mass is 10.1. The quantitative estimate of drug-likeness (QED) is 0.589. The second-order valence-electron chi connectivity index (χ2n) is 2.97. The molecule has 1 aromatic rings. The molecule has 0 aliphatic carbocycles. The molecule has 0 heterocycles. The molecule has 0 atom stereocenters. The van der Waals surface area contributed by atoms with E-state index >= 15 is 0 Å². The maximum absolute atomic E-state index is 8.79. The lowest BCUT2D eigenvalue weighted by Crippen LogP contribution is -1.81. The van der Waals surface area contributed by atoms with Gasteiger partial charge in [0.2, 0.25) is 0 Å². The van der Waals surface area contributed by atoms with Crippen LogP contribution in [0.1, 0.15) is 5.56 Å². The Morgan fingerprint density at radius 2 is 1.81 bits per heavy atom. The van der Waals surface area contributed by atoms with Gasteiger partial charge in [0.05, 0.1) is 6.07 Å². The van der Waals surface area contributed by atoms with Crippen LogP contribution in [0.25, 0.3) is 5.57 Å². The standard InChI is InChI=1S/C13H13NS2/c1-15-13(16-2)10-12(8-9-14)11-6-4-3-5-7-11/h3-8,10H,1-2H3/b12-8+. The van der Waals surface area contributed by atoms with Crippen LogP contribution in [0.5, 0.6) is 0 Å². The van der Waals surface area contributed by atoms with Crippen molar-refractivity contribution >= 4 is 29.1 Å². The molecule has 0 fully saturated rings. The highest BCUT2D eigenvalue weighted by molar-refractivity contribution is 8.21. The van der Waals surface area contributed by atoms with Crippen LogP contribution in [0.15, 0.2) is 46.7 Å². The second-order valence-corrected chi connectivity index (χ2v) is 4.92. The van der Waals surface area contributed by atoms with Gasteiger partial charge in [0.1, 0.15) is 0 Å². The summed E-state index contributed by atoms with van der Waals surface area (Å²) in [6, 6.07) is 12.0. The molecule has 0 saturated heterocycles. The zero-order valence-electron chi connectivity index (χ0n) is 9.31. The van der Waals surface area contributed by atoms with Gasteiger partial charge < -0.3 is 0 Å². The highest BCUT2D eigenvalue weighted by Crippen LogP contribution is 2.28. The molecule has 0 bridgehead atoms. The smallest absolute Gasteiger partial charge is 0.0918 e. The maximum Gasteiger partial charge on any atom is 0.0918 e. The Bertz CT molecular complexity index is 421. The first kappa shape index (κ1) is 13.0. The molecule has 82 valence electrons. The van der Waals surface area contributed by atoms with Gasteiger partial charge in [0.15, 0.2) is 0 Å². The van der Waals surface area contributed by atoms with E-state index in [1.165, 1.54) is 4.24 Å². The van der Waals surface area contributed by atoms with Crippen LogP contribution in [0.3, 0.4) is 0 Å². The summed E-state index contributed by atoms with van der Waals surface area (Å²) in [4.78, 5) is 0. The van der Waals surface area contributed by atoms with E-state index in [1.54, 1.807) is 29.6 Å². The SMILES string of the molecule is CSC(=C/C(=C\C#N)c1ccccc1)SC. The number of hydrogen-bond donors (Lipinski definition) is 0. The van der Waals surface area contributed by atoms with Crippen molar-refractivity contribution in [2.45, 2.75) is 0 Å². The van der Waals surface area contributed by atoms with Gasteiger partial charge in [-0.25, -0.2) is 0 Å². The van der Waals surface area contributed by atoms with Gasteiger partial charge in [0, 0.05) is 10.3 Å². The van der Waals surface area contributed by atoms with Crippen LogP contribution >= 0.6 is 23.5 Å². The van der Waals surface area contributed by atoms with Crippen molar-refractivity contribution in [1.82, 2.24) is 0 Å². The molecule has 0 spiro atoms. The van der Waals surface area contributed by atoms with Crippen molar-refractivity contribution in [3.8, 4) is 6.07 Å². The molecule has 1 rings (SSSR count). The van der Waals surface area contributed by atoms with E-state index < -0.39 is 0 Å². The lowest BCUT2D eigenvalue weighted by molar-refractivity contribution is 1.53. The number of hydrogen-bond acceptors (Lipinski definition) is 3. The van der Waals surface area contributed by atoms with E-state index in [9.17, 15) is 0 Å². The molecular weight excluding hydrogens is 234 g/mol. The number of benzene rings is 1. The van der Waals surface area contributed by atoms with Crippen LogP contribution < -0.4 is 0 Å². The van der Waals surface area contributed by atoms with Crippen LogP contribution in [-0.4, -0.2) is 12.5 Å². The first-order valence-corrected chi connectivity index (χ1v) is 7.21. The average Bonchev–Trinajstić information content (AvgIpc) is 2.35. The van der Waals surface area contributed by atoms with Gasteiger partial charge >= 0.3 is 0 Å². The molecular formula is C13H13NS2. The van der Waals surface area contributed by atoms with E-state index in [2.05, 4.69) is 6.07 Å². The van der Waals surface area contributed by atoms with Gasteiger partial charge in [-0.3, -0.25) is 0 Å². The highest BCUT2D eigenvalue weighted by atomic mass is 32.2. The topological polar surface area (TPSA) is 23.8 Å². The maximum atomic E-state index is 8.79. The van der Waals surface area contributed by atoms with Gasteiger partial charge in [-0.1, -0.05) is 30.3 Å². The Balaban J connectivity index is 3.08. The van der Waals surface area contributed by atoms with Gasteiger partial charge in [-0.15, -0.1) is 23.5 Å². The van der Waals surface area contributed by atoms with Crippen LogP contribution in [0.2, 0.25) is 0 Å². The third kappa shape index (κ3) is 3.80. The molecule has 0 aliphatic rings. The zero-order chi connectivity index (χ0) is 11.8. The van der Waals surface area contributed by atoms with Crippen molar-refractivity contribution < 1.29 is 0 Å². The number of allylic oxidation sites excluding steroid dienone is 3. The summed E-state index contributed by atoms with van der Waals surface area (Å²) in [7, 11) is 0. The molecule has 1 aromatic carbocycles. The average molecular weight is 247 g/mol. The number of thioether (sulfide) groups is 2. The van der Waals surface area contributed by atoms with E-state index in [0.29, 0.717) is 0 Å². The fraction of sp³-hybridized carbons (Fsp3) is 0.154. The first-order chi connectivity index (χ1) is 7.81. The van der Waals surface area contributed by atoms with Gasteiger partial charge in [0.25, 0.3) is 0 Å². The Labute approximate surface area is 105 Å². The van der Waals surface area contributed by atoms with E-state index in [-0.39, 0.29) is 0 Å². The first-order valence-electron chi connectivity index (χ1n) is 4.76. The summed E-state index contributed by atoms with van der Waals surface area (Å²) < 4.78 is 1.20. The monoisotopic (exact) mass is 247 g/mol. The van der Waals surface area contributed by atoms with Gasteiger partial charge in [-0.2, -0.15) is 5.26 Å². The molecule has 0 saturated carbocycles. The van der Waals surface area contributed by atoms with Crippen molar-refractivity contribution in [3.05, 3.63) is 52.3 Å². The third-order valence-corrected chi connectivity index (χ3v) is 4.04. The van der Waals surface area contributed by atoms with Crippen molar-refractivity contribution in [2.24, 2.45) is 0 Å². The molecule has 0 aromatic heterocycles. The molecule has 0 amide bonds. The molecule has 0 radical (unpaired) electrons. The summed E-state index contributed by atoms with van der Waals surface area (Å²) in [6.07, 6.45) is 7.71. The fourth-order valence-corrected chi connectivity index (χ4v) is 2.39. The Morgan fingerprint density at radius 3 is 2.31 bits per heavy atom. The number of nitrogens with zero attached hydrogens (tertiary/aromatic N) is 1. The Kier molecular flexibility index (Phi) is 5.84. The highest BCUT2D eigenvalue weighted by Gasteiger charge is 2.00. The summed E-state index contributed by atoms with van der Waals surface area (Å²) in [5, 5.41) is 8.79. The largest absolute Gasteiger partial charge is 0.193 e. The molecule has 0 N–H and O–H groups in total. The van der Waals surface area contributed by atoms with Crippen molar-refractivity contribution in [1.29, 1.82) is 5.26 Å². The minimum atomic E-state index is 0.960. The minimum absolute atomic E-state index is 0.960. The van der Waals surface area contributed by atoms with Gasteiger partial charge in [-0.05, 0) is 29.7 Å². The zero-order valence-corrected chi connectivity index (χ0v) is 10.9. The Hall–Kier alpha value is -1.11. The van der Waals surface area contributed by atoms with Crippen molar-refractivity contribution in [2.75, 3.05) is 12.5 Å². The predicted molar refractivity (Wildman–Crippen MR) is 75.1 cm³/mol. The van der Waals surface area contributed by atoms with E-state index in [1.807, 2.05) is 48.9 Å². The molecule has 16 heavy (non-hydrogen) atoms. The van der Waals surface area contributed by atoms with Crippen LogP contribution in [-0.2, 0) is 0 Å². The Morgan fingerprint density at radius 1 is 1.19 bits per heavy atom. The van der Waals surface area contributed by atoms with E-state index in [4.69, 9.17) is 5.26 Å². The summed E-state index contributed by atoms with van der Waals surface area (Å²) in [5.41, 5.74) is 2.03. The molecule has 3 heteroatoms. The summed E-state index contributed by atoms with van der Waals surface area (Å²) in [5.74, 6) is 0. The second kappa shape index (κ2) is 7.21. The van der Waals surface area contributed by atoms with Crippen LogP contribution in [0.4, 0.5) is 0 Å². The van der Waals surface area contributed by atoms with Crippen LogP contribution in [0, 0.1) is 11.3 Å². The number of nitriles is 1. The predicted octanol–water partition coefficient (Wildman–Crippen LogP) is 4.16. The van der Waals surface area contributed by atoms with E-state index in [0.717, 1.165) is 11.1 Å². The van der Waals surface area contributed by atoms with Crippen molar-refractivity contribution in [3.63, 3.8) is 0 Å². The molecule has 1 nitrogen and oxygen atoms in total. The molecule has 0 unspecified atom stereocenters. The fourth-order valence-electron chi connectivity index (χ4n) is 1.24. The minimum Gasteiger partial charge on any atom is -0.193 e.